The van der Waals surface area contributed by atoms with Crippen LogP contribution in [-0.4, -0.2) is 144 Å². The molecule has 2 heterocycles. The highest BCUT2D eigenvalue weighted by molar-refractivity contribution is 7.91. The number of fused-ring (bicyclic) bond motifs is 2. The second kappa shape index (κ2) is 29.8. The van der Waals surface area contributed by atoms with Gasteiger partial charge in [0.25, 0.3) is 0 Å². The maximum atomic E-state index is 13.4. The van der Waals surface area contributed by atoms with Crippen molar-refractivity contribution >= 4 is 54.9 Å². The molecule has 4 aromatic carbocycles. The fourth-order valence-corrected chi connectivity index (χ4v) is 13.0. The van der Waals surface area contributed by atoms with Crippen LogP contribution in [0.1, 0.15) is 112 Å². The van der Waals surface area contributed by atoms with Gasteiger partial charge in [-0.15, -0.1) is 0 Å². The number of amides is 2. The van der Waals surface area contributed by atoms with Crippen molar-refractivity contribution in [3.63, 3.8) is 0 Å². The number of likely N-dealkylation sites (N-methyl/N-ethyl adjacent to an activating group) is 2. The van der Waals surface area contributed by atoms with Crippen LogP contribution < -0.4 is 15.4 Å². The van der Waals surface area contributed by atoms with Gasteiger partial charge in [0.15, 0.2) is 9.84 Å². The molecule has 0 radical (unpaired) electrons. The molecule has 2 amide bonds. The zero-order valence-corrected chi connectivity index (χ0v) is 48.4. The van der Waals surface area contributed by atoms with Crippen LogP contribution in [0.25, 0.3) is 0 Å². The molecule has 19 heteroatoms. The monoisotopic (exact) mass is 1130 g/mol. The van der Waals surface area contributed by atoms with E-state index < -0.39 is 19.9 Å². The van der Waals surface area contributed by atoms with E-state index in [-0.39, 0.29) is 54.1 Å². The third-order valence-corrected chi connectivity index (χ3v) is 17.8. The van der Waals surface area contributed by atoms with Gasteiger partial charge in [-0.05, 0) is 172 Å². The summed E-state index contributed by atoms with van der Waals surface area (Å²) in [5.74, 6) is 0.162. The third kappa shape index (κ3) is 18.3. The first kappa shape index (κ1) is 61.2. The molecule has 2 unspecified atom stereocenters. The van der Waals surface area contributed by atoms with Gasteiger partial charge in [0.1, 0.15) is 5.78 Å². The van der Waals surface area contributed by atoms with Crippen LogP contribution in [0, 0.1) is 27.7 Å². The first-order valence-electron chi connectivity index (χ1n) is 26.6. The maximum Gasteiger partial charge on any atom is 0.314 e. The quantitative estimate of drug-likeness (QED) is 0.0408. The number of ether oxygens (including phenoxy) is 4. The van der Waals surface area contributed by atoms with Crippen molar-refractivity contribution in [2.24, 2.45) is 0 Å². The molecule has 0 fully saturated rings. The van der Waals surface area contributed by atoms with Crippen LogP contribution in [0.5, 0.6) is 0 Å². The second-order valence-corrected chi connectivity index (χ2v) is 25.0. The molecule has 3 N–H and O–H groups in total. The highest BCUT2D eigenvalue weighted by Crippen LogP contribution is 2.40. The average Bonchev–Trinajstić information content (AvgIpc) is 3.36. The number of hydrogen-bond acceptors (Lipinski definition) is 12. The molecule has 0 saturated carbocycles. The van der Waals surface area contributed by atoms with E-state index in [1.54, 1.807) is 18.2 Å². The number of sulfonamides is 1. The molecule has 4 aromatic rings. The summed E-state index contributed by atoms with van der Waals surface area (Å²) in [5.41, 5.74) is 11.1. The number of unbranched alkanes of at least 4 members (excludes halogenated alkanes) is 2. The van der Waals surface area contributed by atoms with E-state index in [2.05, 4.69) is 53.1 Å². The zero-order chi connectivity index (χ0) is 54.8. The molecule has 0 aromatic heterocycles. The Kier molecular flexibility index (Phi) is 24.0. The number of nitrogens with one attached hydrogen (secondary N) is 3. The summed E-state index contributed by atoms with van der Waals surface area (Å²) in [6, 6.07) is 18.4. The Hall–Kier alpha value is -3.98. The fraction of sp³-hybridized carbons (Fsp3) is 0.544. The first-order valence-corrected chi connectivity index (χ1v) is 30.4. The normalized spacial score (nSPS) is 16.1. The smallest absolute Gasteiger partial charge is 0.314 e. The van der Waals surface area contributed by atoms with Gasteiger partial charge in [0.2, 0.25) is 10.0 Å². The molecule has 0 saturated heterocycles. The molecular weight excluding hydrogens is 1050 g/mol. The van der Waals surface area contributed by atoms with Crippen LogP contribution in [0.2, 0.25) is 10.0 Å². The van der Waals surface area contributed by atoms with Crippen molar-refractivity contribution in [2.75, 3.05) is 105 Å². The van der Waals surface area contributed by atoms with Gasteiger partial charge in [0, 0.05) is 93.7 Å². The summed E-state index contributed by atoms with van der Waals surface area (Å²) in [7, 11) is -3.14. The fourth-order valence-electron chi connectivity index (χ4n) is 10.1. The van der Waals surface area contributed by atoms with E-state index in [1.165, 1.54) is 11.1 Å². The third-order valence-electron chi connectivity index (χ3n) is 14.1. The number of benzene rings is 4. The SMILES string of the molecule is Cc1ccc(S(=O)(=O)CCCOCCOCCNC(=O)NCCCCCC(=O)CCCOCCOCCNS(=O)(=O)c2ccc(C)c(C3CN(C)Cc4c(C)cc(Cl)cc43)c2)cc1C1CN(C)Cc2c(C)cc(Cl)cc21. The van der Waals surface area contributed by atoms with Crippen LogP contribution in [0.4, 0.5) is 4.79 Å². The van der Waals surface area contributed by atoms with Gasteiger partial charge in [-0.1, -0.05) is 41.8 Å². The molecule has 2 atom stereocenters. The summed E-state index contributed by atoms with van der Waals surface area (Å²) in [6.45, 7) is 14.8. The number of carbonyl (C=O) groups is 2. The minimum Gasteiger partial charge on any atom is -0.379 e. The number of sulfone groups is 1. The number of halogens is 2. The summed E-state index contributed by atoms with van der Waals surface area (Å²) in [6.07, 6.45) is 4.20. The number of urea groups is 1. The van der Waals surface area contributed by atoms with E-state index in [1.807, 2.05) is 56.3 Å². The largest absolute Gasteiger partial charge is 0.379 e. The van der Waals surface area contributed by atoms with Crippen LogP contribution in [0.3, 0.4) is 0 Å². The highest BCUT2D eigenvalue weighted by atomic mass is 35.5. The van der Waals surface area contributed by atoms with Crippen LogP contribution in [0.15, 0.2) is 70.5 Å². The summed E-state index contributed by atoms with van der Waals surface area (Å²) in [5, 5.41) is 6.95. The Morgan fingerprint density at radius 1 is 0.539 bits per heavy atom. The van der Waals surface area contributed by atoms with E-state index in [0.29, 0.717) is 93.4 Å². The molecule has 2 aliphatic rings. The lowest BCUT2D eigenvalue weighted by Crippen LogP contribution is -2.37. The zero-order valence-electron chi connectivity index (χ0n) is 45.2. The van der Waals surface area contributed by atoms with Gasteiger partial charge in [-0.3, -0.25) is 4.79 Å². The number of aryl methyl sites for hydroxylation is 4. The lowest BCUT2D eigenvalue weighted by Gasteiger charge is -2.34. The van der Waals surface area contributed by atoms with Crippen molar-refractivity contribution in [3.05, 3.63) is 126 Å². The minimum atomic E-state index is -3.77. The Morgan fingerprint density at radius 2 is 1.03 bits per heavy atom. The van der Waals surface area contributed by atoms with Crippen LogP contribution >= 0.6 is 23.2 Å². The lowest BCUT2D eigenvalue weighted by atomic mass is 9.81. The number of Topliss-reactive ketones (excluding diaryl/α,β-unsaturated/α-hetero) is 1. The van der Waals surface area contributed by atoms with Crippen molar-refractivity contribution < 1.29 is 45.4 Å². The van der Waals surface area contributed by atoms with E-state index in [0.717, 1.165) is 89.9 Å². The topological polar surface area (TPSA) is 182 Å². The van der Waals surface area contributed by atoms with Gasteiger partial charge in [-0.2, -0.15) is 0 Å². The van der Waals surface area contributed by atoms with E-state index in [9.17, 15) is 26.4 Å². The summed E-state index contributed by atoms with van der Waals surface area (Å²) >= 11 is 12.9. The van der Waals surface area contributed by atoms with Crippen molar-refractivity contribution in [3.8, 4) is 0 Å². The molecule has 2 aliphatic heterocycles. The van der Waals surface area contributed by atoms with Crippen molar-refractivity contribution in [1.29, 1.82) is 0 Å². The molecule has 0 bridgehead atoms. The number of nitrogens with zero attached hydrogens (tertiary/aromatic N) is 2. The predicted octanol–water partition coefficient (Wildman–Crippen LogP) is 8.80. The molecule has 418 valence electrons. The Balaban J connectivity index is 0.719. The van der Waals surface area contributed by atoms with Gasteiger partial charge >= 0.3 is 6.03 Å². The Labute approximate surface area is 462 Å². The Bertz CT molecular complexity index is 2630. The van der Waals surface area contributed by atoms with Crippen molar-refractivity contribution in [2.45, 2.75) is 107 Å². The molecule has 0 spiro atoms. The molecule has 0 aliphatic carbocycles. The summed E-state index contributed by atoms with van der Waals surface area (Å²) in [4.78, 5) is 29.6. The number of ketones is 1. The molecule has 15 nitrogen and oxygen atoms in total. The molecular formula is C57H79Cl2N5O10S2. The van der Waals surface area contributed by atoms with Crippen molar-refractivity contribution in [1.82, 2.24) is 25.2 Å². The minimum absolute atomic E-state index is 0.00544. The highest BCUT2D eigenvalue weighted by Gasteiger charge is 2.31. The summed E-state index contributed by atoms with van der Waals surface area (Å²) < 4.78 is 78.4. The lowest BCUT2D eigenvalue weighted by molar-refractivity contribution is -0.119. The number of rotatable bonds is 31. The molecule has 6 rings (SSSR count). The molecule has 76 heavy (non-hydrogen) atoms. The van der Waals surface area contributed by atoms with Gasteiger partial charge < -0.3 is 39.4 Å². The van der Waals surface area contributed by atoms with Gasteiger partial charge in [0.05, 0.1) is 55.2 Å². The van der Waals surface area contributed by atoms with Crippen LogP contribution in [-0.2, 0) is 56.7 Å². The predicted molar refractivity (Wildman–Crippen MR) is 300 cm³/mol. The maximum absolute atomic E-state index is 13.4. The average molecular weight is 1130 g/mol. The standard InChI is InChI=1S/C57H79Cl2N5O10S2/c1-40-14-16-47(34-49(40)55-38-63(5)36-53-42(3)30-44(58)32-51(53)55)75(67,68)29-11-22-72-26-27-73-23-19-61-57(66)60-18-9-7-8-12-46(65)13-10-21-71-25-28-74-24-20-62-76(69,70)48-17-15-41(2)50(35-48)56-39-64(6)37-54-43(4)31-45(59)33-52(54)56/h14-17,30-35,55-56,62H,7-13,18-29,36-39H2,1-6H3,(H2,60,61,66). The van der Waals surface area contributed by atoms with E-state index >= 15 is 0 Å². The van der Waals surface area contributed by atoms with Gasteiger partial charge in [-0.25, -0.2) is 26.4 Å². The van der Waals surface area contributed by atoms with E-state index in [4.69, 9.17) is 42.1 Å². The first-order chi connectivity index (χ1) is 36.3. The number of carbonyl (C=O) groups excluding carboxylic acids is 2. The second-order valence-electron chi connectivity index (χ2n) is 20.3. The Morgan fingerprint density at radius 3 is 1.61 bits per heavy atom. The number of hydrogen-bond donors (Lipinski definition) is 3.